The number of nitrogens with one attached hydrogen (secondary N) is 1. The van der Waals surface area contributed by atoms with E-state index in [0.717, 1.165) is 50.5 Å². The summed E-state index contributed by atoms with van der Waals surface area (Å²) in [5.41, 5.74) is 8.20. The number of tetrazole rings is 1. The van der Waals surface area contributed by atoms with Crippen LogP contribution >= 0.6 is 12.4 Å². The lowest BCUT2D eigenvalue weighted by molar-refractivity contribution is 0.307. The summed E-state index contributed by atoms with van der Waals surface area (Å²) in [6, 6.07) is 28.7. The van der Waals surface area contributed by atoms with Crippen molar-refractivity contribution in [1.29, 1.82) is 0 Å². The van der Waals surface area contributed by atoms with Gasteiger partial charge in [-0.15, -0.1) is 22.6 Å². The van der Waals surface area contributed by atoms with Gasteiger partial charge in [-0.1, -0.05) is 78.9 Å². The molecule has 0 bridgehead atoms. The van der Waals surface area contributed by atoms with Crippen LogP contribution in [0.5, 0.6) is 5.75 Å². The van der Waals surface area contributed by atoms with Crippen LogP contribution in [0.2, 0.25) is 0 Å². The van der Waals surface area contributed by atoms with Gasteiger partial charge < -0.3 is 4.74 Å². The Bertz CT molecular complexity index is 1370. The molecular weight excluding hydrogens is 446 g/mol. The average Bonchev–Trinajstić information content (AvgIpc) is 3.38. The molecule has 0 saturated heterocycles. The van der Waals surface area contributed by atoms with Gasteiger partial charge in [0.25, 0.3) is 0 Å². The standard InChI is InChI=1S/C27H23N5O.ClH/c1-18-16-25(26(19(2)28-18)22-8-4-3-5-9-22)33-17-20-12-14-21(15-13-20)23-10-6-7-11-24(23)27-29-31-32-30-27;/h3-16H,17H2,1-2H3,(H,29,30,31,32);1H. The maximum Gasteiger partial charge on any atom is 0.205 e. The lowest BCUT2D eigenvalue weighted by Crippen LogP contribution is -2.01. The number of nitrogens with zero attached hydrogens (tertiary/aromatic N) is 4. The average molecular weight is 470 g/mol. The van der Waals surface area contributed by atoms with E-state index >= 15 is 0 Å². The van der Waals surface area contributed by atoms with Crippen molar-refractivity contribution in [2.75, 3.05) is 0 Å². The summed E-state index contributed by atoms with van der Waals surface area (Å²) < 4.78 is 6.30. The number of halogens is 1. The van der Waals surface area contributed by atoms with Crippen molar-refractivity contribution >= 4 is 12.4 Å². The summed E-state index contributed by atoms with van der Waals surface area (Å²) in [7, 11) is 0. The van der Waals surface area contributed by atoms with Gasteiger partial charge in [0, 0.05) is 28.6 Å². The van der Waals surface area contributed by atoms with Crippen LogP contribution in [0.3, 0.4) is 0 Å². The molecule has 0 aliphatic carbocycles. The third-order valence-corrected chi connectivity index (χ3v) is 5.53. The van der Waals surface area contributed by atoms with Crippen molar-refractivity contribution in [2.45, 2.75) is 20.5 Å². The van der Waals surface area contributed by atoms with Gasteiger partial charge in [-0.05, 0) is 41.3 Å². The largest absolute Gasteiger partial charge is 0.488 e. The highest BCUT2D eigenvalue weighted by atomic mass is 35.5. The molecule has 5 rings (SSSR count). The number of benzene rings is 3. The normalized spacial score (nSPS) is 10.5. The lowest BCUT2D eigenvalue weighted by Gasteiger charge is -2.15. The molecule has 0 unspecified atom stereocenters. The van der Waals surface area contributed by atoms with E-state index in [1.807, 2.05) is 56.3 Å². The first-order valence-electron chi connectivity index (χ1n) is 10.8. The molecule has 34 heavy (non-hydrogen) atoms. The van der Waals surface area contributed by atoms with Crippen LogP contribution in [0, 0.1) is 13.8 Å². The Balaban J connectivity index is 0.00000274. The topological polar surface area (TPSA) is 76.6 Å². The second kappa shape index (κ2) is 10.3. The number of aromatic nitrogens is 5. The highest BCUT2D eigenvalue weighted by Crippen LogP contribution is 2.34. The van der Waals surface area contributed by atoms with Crippen LogP contribution in [-0.4, -0.2) is 25.6 Å². The first kappa shape index (κ1) is 23.1. The first-order valence-corrected chi connectivity index (χ1v) is 10.8. The first-order chi connectivity index (χ1) is 16.2. The van der Waals surface area contributed by atoms with Gasteiger partial charge in [0.2, 0.25) is 5.82 Å². The van der Waals surface area contributed by atoms with Crippen molar-refractivity contribution in [3.8, 4) is 39.4 Å². The number of ether oxygens (including phenoxy) is 1. The quantitative estimate of drug-likeness (QED) is 0.319. The Kier molecular flexibility index (Phi) is 6.99. The molecule has 2 aromatic heterocycles. The predicted octanol–water partition coefficient (Wildman–Crippen LogP) is 6.21. The maximum absolute atomic E-state index is 6.30. The fourth-order valence-corrected chi connectivity index (χ4v) is 4.01. The summed E-state index contributed by atoms with van der Waals surface area (Å²) in [6.45, 7) is 4.48. The molecule has 6 nitrogen and oxygen atoms in total. The van der Waals surface area contributed by atoms with Crippen LogP contribution in [0.25, 0.3) is 33.6 Å². The zero-order chi connectivity index (χ0) is 22.6. The number of rotatable bonds is 6. The van der Waals surface area contributed by atoms with Crippen molar-refractivity contribution in [3.63, 3.8) is 0 Å². The van der Waals surface area contributed by atoms with E-state index in [-0.39, 0.29) is 12.4 Å². The Labute approximate surface area is 204 Å². The molecule has 0 fully saturated rings. The molecule has 2 heterocycles. The number of hydrogen-bond donors (Lipinski definition) is 1. The minimum atomic E-state index is 0. The summed E-state index contributed by atoms with van der Waals surface area (Å²) in [4.78, 5) is 4.64. The maximum atomic E-state index is 6.30. The van der Waals surface area contributed by atoms with Crippen molar-refractivity contribution in [1.82, 2.24) is 25.6 Å². The van der Waals surface area contributed by atoms with Gasteiger partial charge in [0.1, 0.15) is 12.4 Å². The third-order valence-electron chi connectivity index (χ3n) is 5.53. The molecule has 170 valence electrons. The molecule has 7 heteroatoms. The summed E-state index contributed by atoms with van der Waals surface area (Å²) >= 11 is 0. The number of hydrogen-bond acceptors (Lipinski definition) is 5. The molecule has 1 N–H and O–H groups in total. The van der Waals surface area contributed by atoms with Crippen LogP contribution in [0.4, 0.5) is 0 Å². The fourth-order valence-electron chi connectivity index (χ4n) is 4.01. The van der Waals surface area contributed by atoms with Gasteiger partial charge in [-0.3, -0.25) is 4.98 Å². The van der Waals surface area contributed by atoms with Crippen molar-refractivity contribution in [2.24, 2.45) is 0 Å². The molecule has 0 spiro atoms. The molecule has 3 aromatic carbocycles. The second-order valence-electron chi connectivity index (χ2n) is 7.85. The van der Waals surface area contributed by atoms with E-state index < -0.39 is 0 Å². The smallest absolute Gasteiger partial charge is 0.205 e. The molecule has 0 aliphatic heterocycles. The molecule has 5 aromatic rings. The van der Waals surface area contributed by atoms with Crippen LogP contribution < -0.4 is 4.74 Å². The Hall–Kier alpha value is -4.03. The third kappa shape index (κ3) is 4.82. The van der Waals surface area contributed by atoms with Crippen LogP contribution in [0.1, 0.15) is 17.0 Å². The molecule has 0 radical (unpaired) electrons. The second-order valence-corrected chi connectivity index (χ2v) is 7.85. The molecule has 0 aliphatic rings. The summed E-state index contributed by atoms with van der Waals surface area (Å²) in [5.74, 6) is 1.42. The van der Waals surface area contributed by atoms with Gasteiger partial charge in [0.15, 0.2) is 0 Å². The predicted molar refractivity (Wildman–Crippen MR) is 136 cm³/mol. The Morgan fingerprint density at radius 3 is 2.21 bits per heavy atom. The SMILES string of the molecule is Cc1cc(OCc2ccc(-c3ccccc3-c3nn[nH]n3)cc2)c(-c2ccccc2)c(C)n1.Cl. The number of aromatic amines is 1. The van der Waals surface area contributed by atoms with E-state index in [4.69, 9.17) is 4.74 Å². The fraction of sp³-hybridized carbons (Fsp3) is 0.111. The zero-order valence-corrected chi connectivity index (χ0v) is 19.7. The minimum Gasteiger partial charge on any atom is -0.488 e. The van der Waals surface area contributed by atoms with E-state index in [1.165, 1.54) is 0 Å². The minimum absolute atomic E-state index is 0. The highest BCUT2D eigenvalue weighted by molar-refractivity contribution is 5.85. The number of aryl methyl sites for hydroxylation is 2. The lowest BCUT2D eigenvalue weighted by atomic mass is 9.98. The van der Waals surface area contributed by atoms with E-state index in [0.29, 0.717) is 12.4 Å². The van der Waals surface area contributed by atoms with E-state index in [9.17, 15) is 0 Å². The Morgan fingerprint density at radius 1 is 0.794 bits per heavy atom. The number of H-pyrrole nitrogens is 1. The summed E-state index contributed by atoms with van der Waals surface area (Å²) in [5, 5.41) is 14.5. The highest BCUT2D eigenvalue weighted by Gasteiger charge is 2.13. The van der Waals surface area contributed by atoms with Gasteiger partial charge in [-0.25, -0.2) is 0 Å². The van der Waals surface area contributed by atoms with Crippen molar-refractivity contribution < 1.29 is 4.74 Å². The zero-order valence-electron chi connectivity index (χ0n) is 18.9. The van der Waals surface area contributed by atoms with E-state index in [2.05, 4.69) is 68.1 Å². The van der Waals surface area contributed by atoms with Gasteiger partial charge in [-0.2, -0.15) is 5.21 Å². The Morgan fingerprint density at radius 2 is 1.50 bits per heavy atom. The number of pyridine rings is 1. The van der Waals surface area contributed by atoms with Gasteiger partial charge >= 0.3 is 0 Å². The summed E-state index contributed by atoms with van der Waals surface area (Å²) in [6.07, 6.45) is 0. The van der Waals surface area contributed by atoms with E-state index in [1.54, 1.807) is 0 Å². The molecular formula is C27H24ClN5O. The molecule has 0 amide bonds. The molecule has 0 saturated carbocycles. The van der Waals surface area contributed by atoms with Crippen molar-refractivity contribution in [3.05, 3.63) is 102 Å². The van der Waals surface area contributed by atoms with Gasteiger partial charge in [0.05, 0.1) is 0 Å². The van der Waals surface area contributed by atoms with Crippen LogP contribution in [0.15, 0.2) is 84.9 Å². The van der Waals surface area contributed by atoms with Crippen LogP contribution in [-0.2, 0) is 6.61 Å². The molecule has 0 atom stereocenters. The monoisotopic (exact) mass is 469 g/mol.